The van der Waals surface area contributed by atoms with Crippen LogP contribution in [0, 0.1) is 10.1 Å². The standard InChI is InChI=1S/C12H17NO9/c1-6(14)20-10-5-19-9(4-13(17)18)11(21-7(2)15)12(10)22-8(3)16/h9-12H,4-5H2,1-3H3/t9-,10+,11-,12-/m0/s1. The smallest absolute Gasteiger partial charge is 0.303 e. The van der Waals surface area contributed by atoms with Gasteiger partial charge in [-0.1, -0.05) is 0 Å². The van der Waals surface area contributed by atoms with Crippen molar-refractivity contribution in [1.29, 1.82) is 0 Å². The zero-order valence-corrected chi connectivity index (χ0v) is 12.3. The van der Waals surface area contributed by atoms with Gasteiger partial charge in [-0.05, 0) is 0 Å². The van der Waals surface area contributed by atoms with Crippen LogP contribution in [0.1, 0.15) is 20.8 Å². The van der Waals surface area contributed by atoms with Crippen LogP contribution in [0.2, 0.25) is 0 Å². The predicted molar refractivity (Wildman–Crippen MR) is 68.3 cm³/mol. The minimum atomic E-state index is -1.25. The summed E-state index contributed by atoms with van der Waals surface area (Å²) < 4.78 is 20.2. The average molecular weight is 319 g/mol. The van der Waals surface area contributed by atoms with E-state index in [2.05, 4.69) is 0 Å². The Kier molecular flexibility index (Phi) is 6.23. The third-order valence-electron chi connectivity index (χ3n) is 2.78. The highest BCUT2D eigenvalue weighted by atomic mass is 16.7. The summed E-state index contributed by atoms with van der Waals surface area (Å²) in [6, 6.07) is 0. The molecule has 0 amide bonds. The van der Waals surface area contributed by atoms with Crippen LogP contribution in [0.5, 0.6) is 0 Å². The molecule has 0 radical (unpaired) electrons. The molecule has 10 nitrogen and oxygen atoms in total. The first-order chi connectivity index (χ1) is 10.2. The van der Waals surface area contributed by atoms with Gasteiger partial charge in [0.25, 0.3) is 0 Å². The summed E-state index contributed by atoms with van der Waals surface area (Å²) >= 11 is 0. The van der Waals surface area contributed by atoms with Gasteiger partial charge in [0.1, 0.15) is 0 Å². The zero-order valence-electron chi connectivity index (χ0n) is 12.3. The van der Waals surface area contributed by atoms with Crippen LogP contribution in [-0.4, -0.2) is 60.4 Å². The minimum Gasteiger partial charge on any atom is -0.456 e. The highest BCUT2D eigenvalue weighted by Crippen LogP contribution is 2.24. The minimum absolute atomic E-state index is 0.214. The van der Waals surface area contributed by atoms with Crippen molar-refractivity contribution in [2.45, 2.75) is 45.2 Å². The van der Waals surface area contributed by atoms with Crippen LogP contribution >= 0.6 is 0 Å². The van der Waals surface area contributed by atoms with Crippen LogP contribution in [0.4, 0.5) is 0 Å². The maximum Gasteiger partial charge on any atom is 0.303 e. The Morgan fingerprint density at radius 1 is 1.05 bits per heavy atom. The van der Waals surface area contributed by atoms with Gasteiger partial charge in [0.15, 0.2) is 24.4 Å². The van der Waals surface area contributed by atoms with Gasteiger partial charge in [0.2, 0.25) is 6.54 Å². The normalized spacial score (nSPS) is 27.6. The third-order valence-corrected chi connectivity index (χ3v) is 2.78. The summed E-state index contributed by atoms with van der Waals surface area (Å²) in [6.45, 7) is 2.50. The van der Waals surface area contributed by atoms with E-state index in [-0.39, 0.29) is 6.61 Å². The zero-order chi connectivity index (χ0) is 16.9. The van der Waals surface area contributed by atoms with Crippen molar-refractivity contribution < 1.29 is 38.3 Å². The summed E-state index contributed by atoms with van der Waals surface area (Å²) in [4.78, 5) is 43.6. The molecule has 0 bridgehead atoms. The van der Waals surface area contributed by atoms with Gasteiger partial charge in [-0.3, -0.25) is 24.5 Å². The second-order valence-corrected chi connectivity index (χ2v) is 4.68. The van der Waals surface area contributed by atoms with Crippen molar-refractivity contribution in [2.75, 3.05) is 13.2 Å². The molecule has 1 fully saturated rings. The summed E-state index contributed by atoms with van der Waals surface area (Å²) in [7, 11) is 0. The van der Waals surface area contributed by atoms with Crippen LogP contribution < -0.4 is 0 Å². The molecule has 1 aliphatic rings. The highest BCUT2D eigenvalue weighted by Gasteiger charge is 2.48. The molecule has 1 aliphatic heterocycles. The molecule has 0 N–H and O–H groups in total. The molecular formula is C12H17NO9. The fraction of sp³-hybridized carbons (Fsp3) is 0.750. The number of hydrogen-bond acceptors (Lipinski definition) is 9. The molecule has 124 valence electrons. The molecule has 0 spiro atoms. The molecule has 1 saturated heterocycles. The third kappa shape index (κ3) is 5.28. The number of carbonyl (C=O) groups is 3. The van der Waals surface area contributed by atoms with Crippen LogP contribution in [-0.2, 0) is 33.3 Å². The Hall–Kier alpha value is -2.23. The number of nitrogens with zero attached hydrogens (tertiary/aromatic N) is 1. The lowest BCUT2D eigenvalue weighted by atomic mass is 9.99. The van der Waals surface area contributed by atoms with Crippen molar-refractivity contribution in [3.63, 3.8) is 0 Å². The fourth-order valence-corrected chi connectivity index (χ4v) is 2.12. The Morgan fingerprint density at radius 3 is 2.00 bits per heavy atom. The lowest BCUT2D eigenvalue weighted by Crippen LogP contribution is -2.59. The molecule has 4 atom stereocenters. The van der Waals surface area contributed by atoms with Crippen LogP contribution in [0.15, 0.2) is 0 Å². The van der Waals surface area contributed by atoms with Crippen molar-refractivity contribution in [3.05, 3.63) is 10.1 Å². The predicted octanol–water partition coefficient (Wildman–Crippen LogP) is -0.543. The van der Waals surface area contributed by atoms with Gasteiger partial charge in [-0.15, -0.1) is 0 Å². The molecule has 10 heteroatoms. The van der Waals surface area contributed by atoms with Crippen LogP contribution in [0.3, 0.4) is 0 Å². The molecule has 0 saturated carbocycles. The first-order valence-corrected chi connectivity index (χ1v) is 6.45. The number of nitro groups is 1. The molecule has 0 aliphatic carbocycles. The molecule has 0 unspecified atom stereocenters. The largest absolute Gasteiger partial charge is 0.456 e. The van der Waals surface area contributed by atoms with Gasteiger partial charge in [-0.25, -0.2) is 0 Å². The maximum atomic E-state index is 11.2. The molecular weight excluding hydrogens is 302 g/mol. The Bertz CT molecular complexity index is 422. The number of rotatable bonds is 5. The van der Waals surface area contributed by atoms with E-state index in [1.807, 2.05) is 0 Å². The summed E-state index contributed by atoms with van der Waals surface area (Å²) in [5.74, 6) is -2.09. The monoisotopic (exact) mass is 319 g/mol. The van der Waals surface area contributed by atoms with E-state index in [1.165, 1.54) is 0 Å². The van der Waals surface area contributed by atoms with E-state index in [0.717, 1.165) is 20.8 Å². The lowest BCUT2D eigenvalue weighted by molar-refractivity contribution is -0.497. The first-order valence-electron chi connectivity index (χ1n) is 6.45. The molecule has 1 rings (SSSR count). The van der Waals surface area contributed by atoms with E-state index >= 15 is 0 Å². The quantitative estimate of drug-likeness (QED) is 0.283. The number of hydrogen-bond donors (Lipinski definition) is 0. The van der Waals surface area contributed by atoms with Crippen molar-refractivity contribution in [1.82, 2.24) is 0 Å². The lowest BCUT2D eigenvalue weighted by Gasteiger charge is -2.39. The molecule has 0 aromatic heterocycles. The summed E-state index contributed by atoms with van der Waals surface area (Å²) in [6.07, 6.45) is -4.56. The van der Waals surface area contributed by atoms with Crippen molar-refractivity contribution >= 4 is 17.9 Å². The van der Waals surface area contributed by atoms with E-state index in [4.69, 9.17) is 18.9 Å². The average Bonchev–Trinajstić information content (AvgIpc) is 2.34. The second-order valence-electron chi connectivity index (χ2n) is 4.68. The van der Waals surface area contributed by atoms with Gasteiger partial charge in [0.05, 0.1) is 6.61 Å². The van der Waals surface area contributed by atoms with Crippen molar-refractivity contribution in [3.8, 4) is 0 Å². The van der Waals surface area contributed by atoms with Gasteiger partial charge >= 0.3 is 17.9 Å². The Labute approximate surface area is 125 Å². The number of ether oxygens (including phenoxy) is 4. The number of esters is 3. The van der Waals surface area contributed by atoms with Gasteiger partial charge < -0.3 is 18.9 Å². The molecule has 22 heavy (non-hydrogen) atoms. The van der Waals surface area contributed by atoms with E-state index in [0.29, 0.717) is 0 Å². The Balaban J connectivity index is 3.03. The summed E-state index contributed by atoms with van der Waals surface area (Å²) in [5, 5.41) is 10.7. The highest BCUT2D eigenvalue weighted by molar-refractivity contribution is 5.68. The second kappa shape index (κ2) is 7.69. The van der Waals surface area contributed by atoms with E-state index < -0.39 is 53.8 Å². The SMILES string of the molecule is CC(=O)O[C@@H]1[C@@H](OC(C)=O)[C@H](OC(C)=O)CO[C@H]1C[N+](=O)[O-]. The topological polar surface area (TPSA) is 131 Å². The molecule has 1 heterocycles. The van der Waals surface area contributed by atoms with E-state index in [9.17, 15) is 24.5 Å². The van der Waals surface area contributed by atoms with E-state index in [1.54, 1.807) is 0 Å². The van der Waals surface area contributed by atoms with Gasteiger partial charge in [-0.2, -0.15) is 0 Å². The maximum absolute atomic E-state index is 11.2. The number of carbonyl (C=O) groups excluding carboxylic acids is 3. The summed E-state index contributed by atoms with van der Waals surface area (Å²) in [5.41, 5.74) is 0. The van der Waals surface area contributed by atoms with Crippen LogP contribution in [0.25, 0.3) is 0 Å². The Morgan fingerprint density at radius 2 is 1.55 bits per heavy atom. The van der Waals surface area contributed by atoms with Crippen molar-refractivity contribution in [2.24, 2.45) is 0 Å². The first kappa shape index (κ1) is 17.8. The fourth-order valence-electron chi connectivity index (χ4n) is 2.12. The molecule has 0 aromatic rings. The van der Waals surface area contributed by atoms with Gasteiger partial charge in [0, 0.05) is 25.7 Å². The molecule has 0 aromatic carbocycles.